The maximum atomic E-state index is 13.3. The number of aliphatic hydroxyl groups excluding tert-OH is 8. The zero-order chi connectivity index (χ0) is 68.0. The van der Waals surface area contributed by atoms with Crippen molar-refractivity contribution < 1.29 is 64.6 Å². The summed E-state index contributed by atoms with van der Waals surface area (Å²) in [5, 5.41) is 87.5. The Morgan fingerprint density at radius 1 is 0.394 bits per heavy atom. The Hall–Kier alpha value is -3.87. The van der Waals surface area contributed by atoms with Crippen LogP contribution in [0, 0.1) is 0 Å². The number of nitrogens with one attached hydrogen (secondary N) is 1. The molecule has 14 heteroatoms. The van der Waals surface area contributed by atoms with Crippen molar-refractivity contribution in [3.63, 3.8) is 0 Å². The van der Waals surface area contributed by atoms with Crippen LogP contribution in [0.4, 0.5) is 0 Å². The molecule has 14 nitrogen and oxygen atoms in total. The van der Waals surface area contributed by atoms with E-state index in [0.29, 0.717) is 12.8 Å². The second kappa shape index (κ2) is 62.6. The van der Waals surface area contributed by atoms with Crippen LogP contribution >= 0.6 is 0 Å². The Kier molecular flexibility index (Phi) is 57.4. The van der Waals surface area contributed by atoms with Crippen molar-refractivity contribution in [2.75, 3.05) is 19.8 Å². The number of hydrogen-bond donors (Lipinski definition) is 9. The van der Waals surface area contributed by atoms with Crippen LogP contribution in [-0.2, 0) is 23.7 Å². The van der Waals surface area contributed by atoms with Crippen LogP contribution in [0.25, 0.3) is 0 Å². The van der Waals surface area contributed by atoms with Gasteiger partial charge >= 0.3 is 0 Å². The standard InChI is InChI=1S/C80H135NO13/c1-3-5-7-9-11-13-15-17-19-21-23-25-26-27-28-29-30-31-32-33-34-35-36-37-38-39-40-41-42-44-46-48-50-52-54-56-58-60-62-64-72(85)81-68(69(84)63-61-59-57-55-53-51-49-47-45-43-24-22-20-18-16-14-12-10-8-6-4-2)67-91-79-77(90)75(88)78(71(66-83)93-79)94-80-76(89)74(87)73(86)70(65-82)92-80/h5,7,11,13,17,19,23,25,27-28,30-31,33-34,36-37,45,47,53,55,61,63,68-71,73-80,82-84,86-90H,3-4,6,8-10,12,14-16,18,20-22,24,26,29,32,35,38-44,46,48-52,54,56-60,62,64-67H2,1-2H3,(H,81,85)/b7-5-,13-11-,19-17-,25-23-,28-27-,31-30-,34-33-,37-36-,47-45+,55-53+,63-61+. The van der Waals surface area contributed by atoms with Crippen LogP contribution in [-0.4, -0.2) is 140 Å². The predicted molar refractivity (Wildman–Crippen MR) is 387 cm³/mol. The van der Waals surface area contributed by atoms with E-state index >= 15 is 0 Å². The molecule has 0 aromatic carbocycles. The highest BCUT2D eigenvalue weighted by Crippen LogP contribution is 2.30. The van der Waals surface area contributed by atoms with Gasteiger partial charge in [0.2, 0.25) is 5.91 Å². The Labute approximate surface area is 570 Å². The largest absolute Gasteiger partial charge is 0.394 e. The first-order valence-corrected chi connectivity index (χ1v) is 37.4. The third-order valence-electron chi connectivity index (χ3n) is 17.3. The molecule has 2 aliphatic heterocycles. The molecule has 94 heavy (non-hydrogen) atoms. The van der Waals surface area contributed by atoms with Crippen molar-refractivity contribution in [2.24, 2.45) is 0 Å². The Balaban J connectivity index is 1.64. The highest BCUT2D eigenvalue weighted by molar-refractivity contribution is 5.76. The van der Waals surface area contributed by atoms with Crippen molar-refractivity contribution >= 4 is 5.91 Å². The number of rotatable bonds is 60. The SMILES string of the molecule is CC/C=C\C/C=C\C/C=C\C/C=C\C/C=C\C/C=C\C/C=C\C/C=C\CCCCCCCCCCCCCCCCC(=O)NC(COC1OC(CO)C(OC2OC(CO)C(O)C(O)C2O)C(O)C1O)C(O)/C=C/CC/C=C/CC/C=C/CCCCCCCCCCCCC. The fourth-order valence-electron chi connectivity index (χ4n) is 11.4. The lowest BCUT2D eigenvalue weighted by molar-refractivity contribution is -0.359. The minimum atomic E-state index is -1.80. The van der Waals surface area contributed by atoms with Crippen molar-refractivity contribution in [3.8, 4) is 0 Å². The van der Waals surface area contributed by atoms with Crippen LogP contribution in [0.15, 0.2) is 134 Å². The molecule has 538 valence electrons. The number of unbranched alkanes of at least 4 members (excludes halogenated alkanes) is 27. The molecule has 0 aliphatic carbocycles. The Bertz CT molecular complexity index is 2090. The van der Waals surface area contributed by atoms with Gasteiger partial charge in [0, 0.05) is 6.42 Å². The van der Waals surface area contributed by atoms with Gasteiger partial charge in [0.1, 0.15) is 48.8 Å². The number of hydrogen-bond acceptors (Lipinski definition) is 13. The number of ether oxygens (including phenoxy) is 4. The monoisotopic (exact) mass is 1320 g/mol. The molecule has 2 rings (SSSR count). The normalized spacial score (nSPS) is 23.3. The molecule has 12 atom stereocenters. The van der Waals surface area contributed by atoms with E-state index in [0.717, 1.165) is 103 Å². The molecule has 0 radical (unpaired) electrons. The molecular formula is C80H135NO13. The van der Waals surface area contributed by atoms with E-state index < -0.39 is 86.8 Å². The molecule has 9 N–H and O–H groups in total. The van der Waals surface area contributed by atoms with Crippen molar-refractivity contribution in [1.82, 2.24) is 5.32 Å². The van der Waals surface area contributed by atoms with Gasteiger partial charge in [-0.2, -0.15) is 0 Å². The molecule has 0 aromatic rings. The molecule has 2 saturated heterocycles. The van der Waals surface area contributed by atoms with Gasteiger partial charge in [-0.05, 0) is 109 Å². The Morgan fingerprint density at radius 2 is 0.745 bits per heavy atom. The second-order valence-corrected chi connectivity index (χ2v) is 25.7. The molecule has 2 aliphatic rings. The van der Waals surface area contributed by atoms with E-state index in [1.165, 1.54) is 135 Å². The van der Waals surface area contributed by atoms with E-state index in [9.17, 15) is 45.6 Å². The lowest BCUT2D eigenvalue weighted by atomic mass is 9.97. The maximum absolute atomic E-state index is 13.3. The topological polar surface area (TPSA) is 228 Å². The maximum Gasteiger partial charge on any atom is 0.220 e. The fourth-order valence-corrected chi connectivity index (χ4v) is 11.4. The van der Waals surface area contributed by atoms with Gasteiger partial charge in [-0.25, -0.2) is 0 Å². The fraction of sp³-hybridized carbons (Fsp3) is 0.713. The third kappa shape index (κ3) is 45.6. The van der Waals surface area contributed by atoms with Crippen molar-refractivity contribution in [3.05, 3.63) is 134 Å². The molecule has 2 fully saturated rings. The second-order valence-electron chi connectivity index (χ2n) is 25.7. The van der Waals surface area contributed by atoms with Crippen LogP contribution in [0.2, 0.25) is 0 Å². The van der Waals surface area contributed by atoms with Gasteiger partial charge in [0.05, 0.1) is 32.0 Å². The summed E-state index contributed by atoms with van der Waals surface area (Å²) < 4.78 is 22.8. The summed E-state index contributed by atoms with van der Waals surface area (Å²) in [4.78, 5) is 13.3. The number of carbonyl (C=O) groups is 1. The number of aliphatic hydroxyl groups is 8. The predicted octanol–water partition coefficient (Wildman–Crippen LogP) is 16.2. The van der Waals surface area contributed by atoms with E-state index in [-0.39, 0.29) is 18.9 Å². The molecule has 0 aromatic heterocycles. The van der Waals surface area contributed by atoms with Crippen LogP contribution in [0.1, 0.15) is 271 Å². The molecular weight excluding hydrogens is 1180 g/mol. The average Bonchev–Trinajstić information content (AvgIpc) is 0.794. The summed E-state index contributed by atoms with van der Waals surface area (Å²) in [6.07, 6.45) is 76.5. The van der Waals surface area contributed by atoms with Gasteiger partial charge in [-0.15, -0.1) is 0 Å². The van der Waals surface area contributed by atoms with E-state index in [1.807, 2.05) is 6.08 Å². The first kappa shape index (κ1) is 86.2. The summed E-state index contributed by atoms with van der Waals surface area (Å²) in [5.41, 5.74) is 0. The Morgan fingerprint density at radius 3 is 1.17 bits per heavy atom. The smallest absolute Gasteiger partial charge is 0.220 e. The van der Waals surface area contributed by atoms with Gasteiger partial charge in [-0.3, -0.25) is 4.79 Å². The highest BCUT2D eigenvalue weighted by Gasteiger charge is 2.51. The first-order valence-electron chi connectivity index (χ1n) is 37.4. The van der Waals surface area contributed by atoms with Crippen molar-refractivity contribution in [2.45, 2.75) is 344 Å². The zero-order valence-electron chi connectivity index (χ0n) is 58.7. The number of allylic oxidation sites excluding steroid dienone is 21. The summed E-state index contributed by atoms with van der Waals surface area (Å²) in [6, 6.07) is -0.947. The molecule has 1 amide bonds. The van der Waals surface area contributed by atoms with Gasteiger partial charge in [0.25, 0.3) is 0 Å². The number of amides is 1. The summed E-state index contributed by atoms with van der Waals surface area (Å²) in [5.74, 6) is -0.257. The van der Waals surface area contributed by atoms with Crippen LogP contribution in [0.5, 0.6) is 0 Å². The summed E-state index contributed by atoms with van der Waals surface area (Å²) >= 11 is 0. The lowest BCUT2D eigenvalue weighted by Crippen LogP contribution is -2.65. The van der Waals surface area contributed by atoms with E-state index in [1.54, 1.807) is 6.08 Å². The summed E-state index contributed by atoms with van der Waals surface area (Å²) in [7, 11) is 0. The molecule has 12 unspecified atom stereocenters. The van der Waals surface area contributed by atoms with Crippen LogP contribution in [0.3, 0.4) is 0 Å². The van der Waals surface area contributed by atoms with E-state index in [2.05, 4.69) is 141 Å². The molecule has 0 saturated carbocycles. The van der Waals surface area contributed by atoms with Gasteiger partial charge in [-0.1, -0.05) is 289 Å². The molecule has 2 heterocycles. The van der Waals surface area contributed by atoms with E-state index in [4.69, 9.17) is 18.9 Å². The van der Waals surface area contributed by atoms with Gasteiger partial charge < -0.3 is 65.1 Å². The minimum absolute atomic E-state index is 0.257. The third-order valence-corrected chi connectivity index (χ3v) is 17.3. The number of carbonyl (C=O) groups excluding carboxylic acids is 1. The van der Waals surface area contributed by atoms with Gasteiger partial charge in [0.15, 0.2) is 12.6 Å². The van der Waals surface area contributed by atoms with Crippen molar-refractivity contribution in [1.29, 1.82) is 0 Å². The average molecular weight is 1320 g/mol. The highest BCUT2D eigenvalue weighted by atomic mass is 16.7. The molecule has 0 bridgehead atoms. The molecule has 0 spiro atoms. The quantitative estimate of drug-likeness (QED) is 0.0204. The zero-order valence-corrected chi connectivity index (χ0v) is 58.7. The summed E-state index contributed by atoms with van der Waals surface area (Å²) in [6.45, 7) is 2.67. The van der Waals surface area contributed by atoms with Crippen LogP contribution < -0.4 is 5.32 Å². The lowest BCUT2D eigenvalue weighted by Gasteiger charge is -2.46. The first-order chi connectivity index (χ1) is 46.1. The minimum Gasteiger partial charge on any atom is -0.394 e.